The minimum absolute atomic E-state index is 0.127. The molecule has 1 amide bonds. The number of nitrogens with one attached hydrogen (secondary N) is 1. The number of hydrogen-bond donors (Lipinski definition) is 1. The van der Waals surface area contributed by atoms with E-state index in [2.05, 4.69) is 5.32 Å². The van der Waals surface area contributed by atoms with E-state index in [1.807, 2.05) is 6.92 Å². The van der Waals surface area contributed by atoms with Crippen LogP contribution in [0, 0.1) is 6.92 Å². The number of ether oxygens (including phenoxy) is 1. The highest BCUT2D eigenvalue weighted by Gasteiger charge is 2.21. The number of hydrogen-bond acceptors (Lipinski definition) is 4. The van der Waals surface area contributed by atoms with Crippen LogP contribution in [0.1, 0.15) is 29.8 Å². The predicted molar refractivity (Wildman–Crippen MR) is 82.6 cm³/mol. The summed E-state index contributed by atoms with van der Waals surface area (Å²) in [4.78, 5) is 12.0. The van der Waals surface area contributed by atoms with Crippen LogP contribution in [0.4, 0.5) is 0 Å². The van der Waals surface area contributed by atoms with E-state index < -0.39 is 15.0 Å². The molecule has 118 valence electrons. The molecule has 0 aromatic heterocycles. The van der Waals surface area contributed by atoms with Gasteiger partial charge in [-0.1, -0.05) is 11.6 Å². The van der Waals surface area contributed by atoms with Gasteiger partial charge in [0.15, 0.2) is 0 Å². The molecule has 0 saturated heterocycles. The third-order valence-corrected chi connectivity index (χ3v) is 4.45. The second-order valence-electron chi connectivity index (χ2n) is 4.55. The summed E-state index contributed by atoms with van der Waals surface area (Å²) in [6.45, 7) is 6.06. The third-order valence-electron chi connectivity index (χ3n) is 2.78. The molecule has 0 spiro atoms. The quantitative estimate of drug-likeness (QED) is 0.798. The van der Waals surface area contributed by atoms with Gasteiger partial charge >= 0.3 is 0 Å². The first-order chi connectivity index (χ1) is 9.66. The largest absolute Gasteiger partial charge is 0.380 e. The summed E-state index contributed by atoms with van der Waals surface area (Å²) in [7, 11) is 1.38. The lowest BCUT2D eigenvalue weighted by Crippen LogP contribution is -2.36. The Hall–Kier alpha value is -0.820. The van der Waals surface area contributed by atoms with Crippen LogP contribution in [-0.4, -0.2) is 33.6 Å². The molecule has 0 aliphatic carbocycles. The number of benzene rings is 1. The van der Waals surface area contributed by atoms with Crippen molar-refractivity contribution < 1.29 is 17.9 Å². The van der Waals surface area contributed by atoms with Crippen molar-refractivity contribution in [1.29, 1.82) is 0 Å². The lowest BCUT2D eigenvalue weighted by Gasteiger charge is -2.16. The van der Waals surface area contributed by atoms with Crippen molar-refractivity contribution in [2.75, 3.05) is 13.2 Å². The zero-order valence-corrected chi connectivity index (χ0v) is 14.3. The highest BCUT2D eigenvalue weighted by atomic mass is 35.7. The first-order valence-corrected chi connectivity index (χ1v) is 8.99. The summed E-state index contributed by atoms with van der Waals surface area (Å²) >= 11 is 5.86. The van der Waals surface area contributed by atoms with Crippen molar-refractivity contribution in [2.24, 2.45) is 0 Å². The molecule has 1 N–H and O–H groups in total. The molecule has 0 saturated carbocycles. The lowest BCUT2D eigenvalue weighted by atomic mass is 10.1. The van der Waals surface area contributed by atoms with Crippen LogP contribution in [0.3, 0.4) is 0 Å². The molecule has 8 heteroatoms. The van der Waals surface area contributed by atoms with Crippen LogP contribution in [0.25, 0.3) is 0 Å². The molecule has 0 bridgehead atoms. The maximum Gasteiger partial charge on any atom is 0.261 e. The van der Waals surface area contributed by atoms with Crippen molar-refractivity contribution in [2.45, 2.75) is 31.7 Å². The molecule has 0 aliphatic rings. The highest BCUT2D eigenvalue weighted by molar-refractivity contribution is 8.13. The maximum absolute atomic E-state index is 12.2. The molecule has 1 aromatic rings. The van der Waals surface area contributed by atoms with Gasteiger partial charge in [-0.3, -0.25) is 4.79 Å². The minimum atomic E-state index is -3.97. The summed E-state index contributed by atoms with van der Waals surface area (Å²) in [6, 6.07) is 2.41. The number of amides is 1. The van der Waals surface area contributed by atoms with Crippen LogP contribution in [-0.2, 0) is 13.8 Å². The molecular formula is C13H17Cl2NO4S. The van der Waals surface area contributed by atoms with Crippen molar-refractivity contribution in [3.8, 4) is 0 Å². The molecule has 1 unspecified atom stereocenters. The van der Waals surface area contributed by atoms with Gasteiger partial charge in [0.1, 0.15) is 0 Å². The van der Waals surface area contributed by atoms with Crippen molar-refractivity contribution in [3.05, 3.63) is 28.3 Å². The Kier molecular flexibility index (Phi) is 6.46. The maximum atomic E-state index is 12.2. The Morgan fingerprint density at radius 2 is 2.05 bits per heavy atom. The lowest BCUT2D eigenvalue weighted by molar-refractivity contribution is 0.0871. The second-order valence-corrected chi connectivity index (χ2v) is 7.52. The Bertz CT molecular complexity index is 631. The van der Waals surface area contributed by atoms with E-state index in [0.717, 1.165) is 0 Å². The predicted octanol–water partition coefficient (Wildman–Crippen LogP) is 2.73. The number of rotatable bonds is 6. The van der Waals surface area contributed by atoms with Crippen molar-refractivity contribution >= 4 is 37.2 Å². The summed E-state index contributed by atoms with van der Waals surface area (Å²) < 4.78 is 28.2. The molecule has 0 heterocycles. The van der Waals surface area contributed by atoms with Crippen LogP contribution < -0.4 is 5.32 Å². The molecule has 0 fully saturated rings. The summed E-state index contributed by atoms with van der Waals surface area (Å²) in [5, 5.41) is 2.84. The number of halogens is 2. The number of carbonyl (C=O) groups is 1. The SMILES string of the molecule is CCOCC(C)NC(=O)c1cc(Cl)cc(S(=O)(=O)Cl)c1C. The molecule has 0 radical (unpaired) electrons. The second kappa shape index (κ2) is 7.45. The molecular weight excluding hydrogens is 337 g/mol. The smallest absolute Gasteiger partial charge is 0.261 e. The fourth-order valence-corrected chi connectivity index (χ4v) is 3.29. The molecule has 21 heavy (non-hydrogen) atoms. The normalized spacial score (nSPS) is 13.0. The first-order valence-electron chi connectivity index (χ1n) is 6.30. The fraction of sp³-hybridized carbons (Fsp3) is 0.462. The van der Waals surface area contributed by atoms with E-state index in [-0.39, 0.29) is 27.1 Å². The van der Waals surface area contributed by atoms with Gasteiger partial charge in [-0.05, 0) is 38.5 Å². The van der Waals surface area contributed by atoms with Crippen LogP contribution in [0.15, 0.2) is 17.0 Å². The van der Waals surface area contributed by atoms with Crippen LogP contribution in [0.2, 0.25) is 5.02 Å². The zero-order chi connectivity index (χ0) is 16.2. The monoisotopic (exact) mass is 353 g/mol. The van der Waals surface area contributed by atoms with Crippen molar-refractivity contribution in [3.63, 3.8) is 0 Å². The van der Waals surface area contributed by atoms with Crippen LogP contribution >= 0.6 is 22.3 Å². The van der Waals surface area contributed by atoms with E-state index in [1.54, 1.807) is 6.92 Å². The van der Waals surface area contributed by atoms with Gasteiger partial charge in [-0.25, -0.2) is 8.42 Å². The topological polar surface area (TPSA) is 72.5 Å². The van der Waals surface area contributed by atoms with E-state index in [4.69, 9.17) is 27.0 Å². The summed E-state index contributed by atoms with van der Waals surface area (Å²) in [6.07, 6.45) is 0. The van der Waals surface area contributed by atoms with Gasteiger partial charge in [0.25, 0.3) is 15.0 Å². The van der Waals surface area contributed by atoms with E-state index in [9.17, 15) is 13.2 Å². The number of carbonyl (C=O) groups excluding carboxylic acids is 1. The molecule has 1 rings (SSSR count). The van der Waals surface area contributed by atoms with Gasteiger partial charge in [-0.2, -0.15) is 0 Å². The Labute approximate surface area is 134 Å². The van der Waals surface area contributed by atoms with Gasteiger partial charge < -0.3 is 10.1 Å². The Morgan fingerprint density at radius 3 is 2.57 bits per heavy atom. The van der Waals surface area contributed by atoms with E-state index in [0.29, 0.717) is 13.2 Å². The Morgan fingerprint density at radius 1 is 1.43 bits per heavy atom. The summed E-state index contributed by atoms with van der Waals surface area (Å²) in [5.74, 6) is -0.427. The zero-order valence-electron chi connectivity index (χ0n) is 11.9. The van der Waals surface area contributed by atoms with Crippen LogP contribution in [0.5, 0.6) is 0 Å². The van der Waals surface area contributed by atoms with Crippen molar-refractivity contribution in [1.82, 2.24) is 5.32 Å². The first kappa shape index (κ1) is 18.2. The van der Waals surface area contributed by atoms with E-state index in [1.165, 1.54) is 19.1 Å². The fourth-order valence-electron chi connectivity index (χ4n) is 1.78. The average molecular weight is 354 g/mol. The Balaban J connectivity index is 3.08. The van der Waals surface area contributed by atoms with Gasteiger partial charge in [0.05, 0.1) is 11.5 Å². The van der Waals surface area contributed by atoms with Gasteiger partial charge in [-0.15, -0.1) is 0 Å². The molecule has 0 aliphatic heterocycles. The standard InChI is InChI=1S/C13H17Cl2NO4S/c1-4-20-7-8(2)16-13(17)11-5-10(14)6-12(9(11)3)21(15,18)19/h5-6,8H,4,7H2,1-3H3,(H,16,17). The highest BCUT2D eigenvalue weighted by Crippen LogP contribution is 2.27. The molecule has 1 atom stereocenters. The average Bonchev–Trinajstić information content (AvgIpc) is 2.37. The summed E-state index contributed by atoms with van der Waals surface area (Å²) in [5.41, 5.74) is 0.431. The van der Waals surface area contributed by atoms with E-state index >= 15 is 0 Å². The van der Waals surface area contributed by atoms with Gasteiger partial charge in [0, 0.05) is 33.9 Å². The third kappa shape index (κ3) is 5.14. The van der Waals surface area contributed by atoms with Gasteiger partial charge in [0.2, 0.25) is 0 Å². The molecule has 5 nitrogen and oxygen atoms in total. The molecule has 1 aromatic carbocycles. The minimum Gasteiger partial charge on any atom is -0.380 e.